The zero-order valence-electron chi connectivity index (χ0n) is 24.2. The first-order valence-electron chi connectivity index (χ1n) is 13.6. The Hall–Kier alpha value is -4.87. The Morgan fingerprint density at radius 2 is 1.84 bits per heavy atom. The van der Waals surface area contributed by atoms with E-state index in [2.05, 4.69) is 26.9 Å². The van der Waals surface area contributed by atoms with Crippen LogP contribution in [-0.2, 0) is 14.4 Å². The lowest BCUT2D eigenvalue weighted by molar-refractivity contribution is -0.116. The summed E-state index contributed by atoms with van der Waals surface area (Å²) in [5.41, 5.74) is 9.88. The molecule has 5 rings (SSSR count). The highest BCUT2D eigenvalue weighted by molar-refractivity contribution is 8.01. The molecule has 1 aliphatic carbocycles. The van der Waals surface area contributed by atoms with Crippen molar-refractivity contribution in [3.8, 4) is 17.6 Å². The number of carbonyl (C=O) groups is 3. The van der Waals surface area contributed by atoms with Gasteiger partial charge < -0.3 is 25.8 Å². The van der Waals surface area contributed by atoms with Crippen LogP contribution in [0.5, 0.6) is 11.5 Å². The molecule has 14 heteroatoms. The van der Waals surface area contributed by atoms with E-state index in [9.17, 15) is 19.6 Å². The molecule has 0 radical (unpaired) electrons. The quantitative estimate of drug-likeness (QED) is 0.283. The number of nitrogens with zero attached hydrogens (tertiary/aromatic N) is 4. The van der Waals surface area contributed by atoms with Gasteiger partial charge >= 0.3 is 0 Å². The molecule has 1 aliphatic heterocycles. The van der Waals surface area contributed by atoms with Crippen molar-refractivity contribution >= 4 is 57.2 Å². The Balaban J connectivity index is 1.39. The number of thioether (sulfide) groups is 1. The maximum Gasteiger partial charge on any atom is 0.234 e. The molecule has 2 amide bonds. The fourth-order valence-corrected chi connectivity index (χ4v) is 6.87. The molecule has 0 bridgehead atoms. The number of hydrogen-bond donors (Lipinski definition) is 3. The standard InChI is InChI=1S/C30H29N7O5S2/c1-16(38)33-17-7-9-18(10-8-17)34-25(40)15-43-30-36-35-29(44-30)37-22-5-4-6-23(39)27(22)26(21(14-31)28(37)32)20-12-11-19(41-2)13-24(20)42-3/h7-13,26H,4-6,15,32H2,1-3H3,(H,33,38)(H,34,40). The van der Waals surface area contributed by atoms with Gasteiger partial charge in [-0.1, -0.05) is 29.2 Å². The molecule has 0 saturated carbocycles. The van der Waals surface area contributed by atoms with Crippen LogP contribution in [0.1, 0.15) is 37.7 Å². The van der Waals surface area contributed by atoms with Crippen molar-refractivity contribution in [2.24, 2.45) is 5.73 Å². The van der Waals surface area contributed by atoms with Gasteiger partial charge in [-0.05, 0) is 43.2 Å². The minimum Gasteiger partial charge on any atom is -0.497 e. The average Bonchev–Trinajstić information content (AvgIpc) is 3.48. The lowest BCUT2D eigenvalue weighted by atomic mass is 9.75. The van der Waals surface area contributed by atoms with Crippen molar-refractivity contribution in [1.82, 2.24) is 10.2 Å². The highest BCUT2D eigenvalue weighted by atomic mass is 32.2. The number of benzene rings is 2. The zero-order chi connectivity index (χ0) is 31.4. The Kier molecular flexibility index (Phi) is 9.17. The van der Waals surface area contributed by atoms with Crippen molar-refractivity contribution in [2.75, 3.05) is 35.5 Å². The minimum atomic E-state index is -0.710. The van der Waals surface area contributed by atoms with E-state index in [0.29, 0.717) is 68.4 Å². The first kappa shape index (κ1) is 30.6. The summed E-state index contributed by atoms with van der Waals surface area (Å²) in [6.45, 7) is 1.42. The lowest BCUT2D eigenvalue weighted by Crippen LogP contribution is -2.38. The summed E-state index contributed by atoms with van der Waals surface area (Å²) < 4.78 is 11.5. The molecule has 44 heavy (non-hydrogen) atoms. The van der Waals surface area contributed by atoms with Crippen LogP contribution in [-0.4, -0.2) is 47.8 Å². The number of hydrogen-bond acceptors (Lipinski definition) is 12. The number of allylic oxidation sites excluding steroid dienone is 3. The van der Waals surface area contributed by atoms with Crippen molar-refractivity contribution in [3.05, 3.63) is 70.7 Å². The third-order valence-corrected chi connectivity index (χ3v) is 9.11. The molecule has 1 unspecified atom stereocenters. The number of nitrogens with one attached hydrogen (secondary N) is 2. The minimum absolute atomic E-state index is 0.0692. The van der Waals surface area contributed by atoms with Crippen LogP contribution in [0.2, 0.25) is 0 Å². The van der Waals surface area contributed by atoms with E-state index in [1.54, 1.807) is 54.5 Å². The van der Waals surface area contributed by atoms with Crippen LogP contribution in [0.15, 0.2) is 69.5 Å². The summed E-state index contributed by atoms with van der Waals surface area (Å²) >= 11 is 2.42. The van der Waals surface area contributed by atoms with E-state index in [4.69, 9.17) is 15.2 Å². The van der Waals surface area contributed by atoms with E-state index < -0.39 is 5.92 Å². The predicted molar refractivity (Wildman–Crippen MR) is 167 cm³/mol. The van der Waals surface area contributed by atoms with E-state index in [1.165, 1.54) is 37.1 Å². The average molecular weight is 632 g/mol. The zero-order valence-corrected chi connectivity index (χ0v) is 25.8. The molecule has 0 spiro atoms. The number of nitrogens with two attached hydrogens (primary N) is 1. The highest BCUT2D eigenvalue weighted by Gasteiger charge is 2.42. The van der Waals surface area contributed by atoms with Crippen LogP contribution in [0.4, 0.5) is 16.5 Å². The fraction of sp³-hybridized carbons (Fsp3) is 0.267. The number of ether oxygens (including phenoxy) is 2. The van der Waals surface area contributed by atoms with Gasteiger partial charge in [-0.3, -0.25) is 19.3 Å². The van der Waals surface area contributed by atoms with Gasteiger partial charge in [-0.2, -0.15) is 5.26 Å². The lowest BCUT2D eigenvalue weighted by Gasteiger charge is -2.38. The first-order chi connectivity index (χ1) is 21.2. The number of methoxy groups -OCH3 is 2. The van der Waals surface area contributed by atoms with Crippen molar-refractivity contribution in [3.63, 3.8) is 0 Å². The van der Waals surface area contributed by atoms with Gasteiger partial charge in [0.05, 0.1) is 37.5 Å². The topological polar surface area (TPSA) is 173 Å². The van der Waals surface area contributed by atoms with E-state index in [-0.39, 0.29) is 34.7 Å². The van der Waals surface area contributed by atoms with Crippen LogP contribution in [0, 0.1) is 11.3 Å². The molecule has 226 valence electrons. The number of amides is 2. The molecule has 4 N–H and O–H groups in total. The molecule has 1 aromatic heterocycles. The second-order valence-corrected chi connectivity index (χ2v) is 12.0. The molecular weight excluding hydrogens is 603 g/mol. The van der Waals surface area contributed by atoms with Gasteiger partial charge in [-0.25, -0.2) is 0 Å². The summed E-state index contributed by atoms with van der Waals surface area (Å²) in [5.74, 6) is 0.0837. The number of anilines is 3. The Morgan fingerprint density at radius 3 is 2.50 bits per heavy atom. The highest BCUT2D eigenvalue weighted by Crippen LogP contribution is 2.49. The van der Waals surface area contributed by atoms with Crippen LogP contribution in [0.25, 0.3) is 0 Å². The van der Waals surface area contributed by atoms with Gasteiger partial charge in [0.15, 0.2) is 10.1 Å². The van der Waals surface area contributed by atoms with Crippen LogP contribution in [0.3, 0.4) is 0 Å². The molecule has 12 nitrogen and oxygen atoms in total. The molecule has 0 fully saturated rings. The van der Waals surface area contributed by atoms with E-state index in [0.717, 1.165) is 0 Å². The number of nitriles is 1. The predicted octanol–water partition coefficient (Wildman–Crippen LogP) is 4.55. The van der Waals surface area contributed by atoms with Crippen LogP contribution >= 0.6 is 23.1 Å². The second kappa shape index (κ2) is 13.2. The third-order valence-electron chi connectivity index (χ3n) is 7.07. The summed E-state index contributed by atoms with van der Waals surface area (Å²) in [7, 11) is 3.07. The first-order valence-corrected chi connectivity index (χ1v) is 15.4. The molecule has 2 heterocycles. The van der Waals surface area contributed by atoms with Crippen molar-refractivity contribution in [2.45, 2.75) is 36.4 Å². The van der Waals surface area contributed by atoms with Crippen molar-refractivity contribution in [1.29, 1.82) is 5.26 Å². The summed E-state index contributed by atoms with van der Waals surface area (Å²) in [6, 6.07) is 14.3. The summed E-state index contributed by atoms with van der Waals surface area (Å²) in [4.78, 5) is 38.9. The van der Waals surface area contributed by atoms with Crippen molar-refractivity contribution < 1.29 is 23.9 Å². The Labute approximate surface area is 261 Å². The fourth-order valence-electron chi connectivity index (χ4n) is 5.19. The Bertz CT molecular complexity index is 1730. The smallest absolute Gasteiger partial charge is 0.234 e. The number of ketones is 1. The van der Waals surface area contributed by atoms with Gasteiger partial charge in [0.1, 0.15) is 17.3 Å². The normalized spacial score (nSPS) is 16.3. The number of carbonyl (C=O) groups excluding carboxylic acids is 3. The second-order valence-electron chi connectivity index (χ2n) is 9.87. The number of aromatic nitrogens is 2. The van der Waals surface area contributed by atoms with Crippen LogP contribution < -0.4 is 30.7 Å². The summed E-state index contributed by atoms with van der Waals surface area (Å²) in [6.07, 6.45) is 1.53. The van der Waals surface area contributed by atoms with Gasteiger partial charge in [0.2, 0.25) is 16.9 Å². The van der Waals surface area contributed by atoms with E-state index >= 15 is 0 Å². The molecule has 1 atom stereocenters. The molecule has 3 aromatic rings. The third kappa shape index (κ3) is 6.24. The summed E-state index contributed by atoms with van der Waals surface area (Å²) in [5, 5.41) is 24.8. The molecule has 0 saturated heterocycles. The monoisotopic (exact) mass is 631 g/mol. The molecule has 2 aromatic carbocycles. The number of Topliss-reactive ketones (excluding diaryl/α,β-unsaturated/α-hetero) is 1. The SMILES string of the molecule is COc1ccc(C2C(C#N)=C(N)N(c3nnc(SCC(=O)Nc4ccc(NC(C)=O)cc4)s3)C3=C2C(=O)CCC3)c(OC)c1. The Morgan fingerprint density at radius 1 is 1.11 bits per heavy atom. The largest absolute Gasteiger partial charge is 0.497 e. The maximum atomic E-state index is 13.5. The van der Waals surface area contributed by atoms with E-state index in [1.807, 2.05) is 0 Å². The van der Waals surface area contributed by atoms with Gasteiger partial charge in [0, 0.05) is 47.6 Å². The number of rotatable bonds is 9. The molecule has 2 aliphatic rings. The molecular formula is C30H29N7O5S2. The maximum absolute atomic E-state index is 13.5. The van der Waals surface area contributed by atoms with Gasteiger partial charge in [-0.15, -0.1) is 10.2 Å². The van der Waals surface area contributed by atoms with Gasteiger partial charge in [0.25, 0.3) is 0 Å².